The van der Waals surface area contributed by atoms with Gasteiger partial charge < -0.3 is 20.9 Å². The number of thiazole rings is 1. The Hall–Kier alpha value is -2.94. The molecule has 4 N–H and O–H groups in total. The number of aromatic nitrogens is 2. The molecule has 0 aliphatic carbocycles. The molecule has 23 heavy (non-hydrogen) atoms. The average molecular weight is 333 g/mol. The summed E-state index contributed by atoms with van der Waals surface area (Å²) in [4.78, 5) is 16.4. The van der Waals surface area contributed by atoms with Crippen molar-refractivity contribution in [2.24, 2.45) is 0 Å². The molecule has 9 heteroatoms. The summed E-state index contributed by atoms with van der Waals surface area (Å²) in [6, 6.07) is 7.72. The lowest BCUT2D eigenvalue weighted by atomic mass is 10.3. The zero-order chi connectivity index (χ0) is 16.4. The fourth-order valence-electron chi connectivity index (χ4n) is 1.82. The molecule has 0 saturated carbocycles. The molecule has 7 nitrogen and oxygen atoms in total. The summed E-state index contributed by atoms with van der Waals surface area (Å²) in [6.07, 6.45) is 0. The number of benzene rings is 1. The number of carbonyl (C=O) groups excluding carboxylic acids is 1. The summed E-state index contributed by atoms with van der Waals surface area (Å²) in [5.41, 5.74) is 6.00. The van der Waals surface area contributed by atoms with E-state index in [0.717, 1.165) is 11.3 Å². The second-order valence-corrected chi connectivity index (χ2v) is 5.61. The molecule has 0 fully saturated rings. The van der Waals surface area contributed by atoms with Crippen LogP contribution < -0.4 is 16.4 Å². The van der Waals surface area contributed by atoms with E-state index in [2.05, 4.69) is 20.8 Å². The summed E-state index contributed by atoms with van der Waals surface area (Å²) < 4.78 is 18.5. The van der Waals surface area contributed by atoms with Crippen molar-refractivity contribution in [1.29, 1.82) is 0 Å². The van der Waals surface area contributed by atoms with Gasteiger partial charge in [-0.05, 0) is 19.1 Å². The first kappa shape index (κ1) is 15.0. The molecule has 2 heterocycles. The molecule has 0 bridgehead atoms. The van der Waals surface area contributed by atoms with Gasteiger partial charge in [0, 0.05) is 6.07 Å². The van der Waals surface area contributed by atoms with Crippen LogP contribution in [0.4, 0.5) is 26.8 Å². The van der Waals surface area contributed by atoms with Crippen LogP contribution in [0.3, 0.4) is 0 Å². The Morgan fingerprint density at radius 1 is 1.39 bits per heavy atom. The van der Waals surface area contributed by atoms with Gasteiger partial charge in [0.25, 0.3) is 5.91 Å². The number of nitrogen functional groups attached to an aromatic ring is 1. The highest BCUT2D eigenvalue weighted by Crippen LogP contribution is 2.29. The highest BCUT2D eigenvalue weighted by atomic mass is 32.1. The average Bonchev–Trinajstić information content (AvgIpc) is 3.07. The Bertz CT molecular complexity index is 860. The Morgan fingerprint density at radius 3 is 2.87 bits per heavy atom. The van der Waals surface area contributed by atoms with Crippen LogP contribution in [0.2, 0.25) is 0 Å². The predicted molar refractivity (Wildman–Crippen MR) is 85.4 cm³/mol. The van der Waals surface area contributed by atoms with Gasteiger partial charge in [0.2, 0.25) is 0 Å². The van der Waals surface area contributed by atoms with Gasteiger partial charge in [0.05, 0.1) is 5.69 Å². The number of anilines is 4. The Labute approximate surface area is 134 Å². The fourth-order valence-corrected chi connectivity index (χ4v) is 2.62. The van der Waals surface area contributed by atoms with Crippen LogP contribution in [0.25, 0.3) is 0 Å². The van der Waals surface area contributed by atoms with Crippen molar-refractivity contribution in [2.75, 3.05) is 16.4 Å². The topological polar surface area (TPSA) is 106 Å². The van der Waals surface area contributed by atoms with E-state index in [0.29, 0.717) is 10.9 Å². The summed E-state index contributed by atoms with van der Waals surface area (Å²) in [6.45, 7) is 1.71. The lowest BCUT2D eigenvalue weighted by Crippen LogP contribution is -2.12. The van der Waals surface area contributed by atoms with Gasteiger partial charge in [-0.15, -0.1) is 0 Å². The van der Waals surface area contributed by atoms with Crippen molar-refractivity contribution in [3.05, 3.63) is 46.8 Å². The van der Waals surface area contributed by atoms with Gasteiger partial charge >= 0.3 is 0 Å². The lowest BCUT2D eigenvalue weighted by molar-refractivity contribution is 0.103. The number of rotatable bonds is 4. The largest absolute Gasteiger partial charge is 0.382 e. The van der Waals surface area contributed by atoms with Gasteiger partial charge in [-0.3, -0.25) is 4.79 Å². The number of nitrogens with zero attached hydrogens (tertiary/aromatic N) is 2. The highest BCUT2D eigenvalue weighted by Gasteiger charge is 2.18. The quantitative estimate of drug-likeness (QED) is 0.677. The van der Waals surface area contributed by atoms with E-state index in [1.807, 2.05) is 0 Å². The van der Waals surface area contributed by atoms with E-state index in [1.165, 1.54) is 6.07 Å². The van der Waals surface area contributed by atoms with Crippen molar-refractivity contribution in [3.8, 4) is 0 Å². The van der Waals surface area contributed by atoms with Crippen molar-refractivity contribution in [2.45, 2.75) is 6.92 Å². The molecule has 1 amide bonds. The normalized spacial score (nSPS) is 10.5. The molecule has 118 valence electrons. The molecule has 0 radical (unpaired) electrons. The van der Waals surface area contributed by atoms with Crippen LogP contribution in [-0.2, 0) is 0 Å². The van der Waals surface area contributed by atoms with E-state index < -0.39 is 11.7 Å². The zero-order valence-corrected chi connectivity index (χ0v) is 12.8. The van der Waals surface area contributed by atoms with Gasteiger partial charge in [0.15, 0.2) is 10.9 Å². The number of nitrogens with one attached hydrogen (secondary N) is 2. The van der Waals surface area contributed by atoms with Crippen molar-refractivity contribution in [3.63, 3.8) is 0 Å². The molecule has 0 unspecified atom stereocenters. The van der Waals surface area contributed by atoms with Crippen LogP contribution in [0.1, 0.15) is 15.4 Å². The predicted octanol–water partition coefficient (Wildman–Crippen LogP) is 3.16. The Balaban J connectivity index is 1.78. The summed E-state index contributed by atoms with van der Waals surface area (Å²) >= 11 is 1.01. The molecule has 0 aliphatic heterocycles. The summed E-state index contributed by atoms with van der Waals surface area (Å²) in [5.74, 6) is 0.00943. The third-order valence-electron chi connectivity index (χ3n) is 2.84. The van der Waals surface area contributed by atoms with E-state index >= 15 is 0 Å². The lowest BCUT2D eigenvalue weighted by Gasteiger charge is -2.02. The molecule has 1 aromatic carbocycles. The van der Waals surface area contributed by atoms with Gasteiger partial charge in [-0.25, -0.2) is 9.37 Å². The number of carbonyl (C=O) groups is 1. The second kappa shape index (κ2) is 6.05. The van der Waals surface area contributed by atoms with Gasteiger partial charge in [-0.2, -0.15) is 0 Å². The first-order valence-electron chi connectivity index (χ1n) is 6.55. The zero-order valence-electron chi connectivity index (χ0n) is 12.0. The van der Waals surface area contributed by atoms with Crippen molar-refractivity contribution < 1.29 is 13.7 Å². The highest BCUT2D eigenvalue weighted by molar-refractivity contribution is 7.18. The molecule has 0 saturated heterocycles. The summed E-state index contributed by atoms with van der Waals surface area (Å²) in [7, 11) is 0. The van der Waals surface area contributed by atoms with E-state index in [1.54, 1.807) is 31.2 Å². The number of hydrogen-bond donors (Lipinski definition) is 3. The molecular formula is C14H12FN5O2S. The first-order chi connectivity index (χ1) is 11.0. The third-order valence-corrected chi connectivity index (χ3v) is 3.83. The molecule has 3 aromatic rings. The number of nitrogens with two attached hydrogens (primary N) is 1. The van der Waals surface area contributed by atoms with E-state index in [9.17, 15) is 9.18 Å². The van der Waals surface area contributed by atoms with Crippen LogP contribution in [-0.4, -0.2) is 16.0 Å². The minimum Gasteiger partial charge on any atom is -0.382 e. The molecule has 0 spiro atoms. The number of halogens is 1. The molecule has 0 aliphatic rings. The maximum absolute atomic E-state index is 13.6. The first-order valence-corrected chi connectivity index (χ1v) is 7.37. The monoisotopic (exact) mass is 333 g/mol. The third kappa shape index (κ3) is 3.29. The fraction of sp³-hybridized carbons (Fsp3) is 0.0714. The second-order valence-electron chi connectivity index (χ2n) is 4.62. The van der Waals surface area contributed by atoms with Crippen LogP contribution in [0.5, 0.6) is 0 Å². The van der Waals surface area contributed by atoms with Gasteiger partial charge in [-0.1, -0.05) is 28.6 Å². The van der Waals surface area contributed by atoms with E-state index in [4.69, 9.17) is 10.3 Å². The van der Waals surface area contributed by atoms with Crippen LogP contribution in [0.15, 0.2) is 34.9 Å². The molecular weight excluding hydrogens is 321 g/mol. The van der Waals surface area contributed by atoms with Gasteiger partial charge in [0.1, 0.15) is 22.3 Å². The van der Waals surface area contributed by atoms with Crippen LogP contribution >= 0.6 is 11.3 Å². The molecule has 2 aromatic heterocycles. The van der Waals surface area contributed by atoms with Crippen molar-refractivity contribution >= 4 is 39.7 Å². The number of para-hydroxylation sites is 1. The molecule has 0 atom stereocenters. The number of hydrogen-bond acceptors (Lipinski definition) is 7. The SMILES string of the molecule is Cc1cc(NC(=O)c2sc(Nc3ccccc3F)nc2N)no1. The standard InChI is InChI=1S/C14H12FN5O2S/c1-7-6-10(20-22-7)18-13(21)11-12(16)19-14(23-11)17-9-5-3-2-4-8(9)15/h2-6H,16H2,1H3,(H,17,19)(H,18,20,21). The minimum atomic E-state index is -0.463. The minimum absolute atomic E-state index is 0.0477. The maximum Gasteiger partial charge on any atom is 0.270 e. The summed E-state index contributed by atoms with van der Waals surface area (Å²) in [5, 5.41) is 9.33. The number of aryl methyl sites for hydroxylation is 1. The maximum atomic E-state index is 13.6. The molecule has 3 rings (SSSR count). The number of amides is 1. The smallest absolute Gasteiger partial charge is 0.270 e. The van der Waals surface area contributed by atoms with Crippen LogP contribution in [0, 0.1) is 12.7 Å². The Morgan fingerprint density at radius 2 is 2.17 bits per heavy atom. The Kier molecular flexibility index (Phi) is 3.94. The van der Waals surface area contributed by atoms with Crippen molar-refractivity contribution in [1.82, 2.24) is 10.1 Å². The van der Waals surface area contributed by atoms with E-state index in [-0.39, 0.29) is 22.2 Å².